The van der Waals surface area contributed by atoms with E-state index in [0.717, 1.165) is 11.1 Å². The molecule has 4 nitrogen and oxygen atoms in total. The van der Waals surface area contributed by atoms with Crippen molar-refractivity contribution in [1.29, 1.82) is 0 Å². The lowest BCUT2D eigenvalue weighted by atomic mass is 9.97. The molecule has 0 saturated carbocycles. The van der Waals surface area contributed by atoms with Gasteiger partial charge in [0.1, 0.15) is 0 Å². The molecule has 1 fully saturated rings. The first kappa shape index (κ1) is 12.6. The zero-order chi connectivity index (χ0) is 13.3. The topological polar surface area (TPSA) is 52.6 Å². The van der Waals surface area contributed by atoms with Crippen LogP contribution in [0.15, 0.2) is 24.3 Å². The van der Waals surface area contributed by atoms with Crippen LogP contribution >= 0.6 is 0 Å². The fourth-order valence-electron chi connectivity index (χ4n) is 1.99. The highest BCUT2D eigenvalue weighted by Gasteiger charge is 2.42. The highest BCUT2D eigenvalue weighted by molar-refractivity contribution is 5.96. The molecule has 0 unspecified atom stereocenters. The molecule has 0 spiro atoms. The summed E-state index contributed by atoms with van der Waals surface area (Å²) in [6, 6.07) is 7.69. The maximum atomic E-state index is 11.8. The second-order valence-electron chi connectivity index (χ2n) is 4.99. The molecule has 1 saturated heterocycles. The number of esters is 2. The molecule has 96 valence electrons. The molecular weight excluding hydrogens is 232 g/mol. The van der Waals surface area contributed by atoms with Gasteiger partial charge in [-0.15, -0.1) is 0 Å². The normalized spacial score (nSPS) is 19.3. The summed E-state index contributed by atoms with van der Waals surface area (Å²) in [5.74, 6) is -3.05. The van der Waals surface area contributed by atoms with E-state index in [0.29, 0.717) is 6.42 Å². The average Bonchev–Trinajstić information content (AvgIpc) is 2.22. The summed E-state index contributed by atoms with van der Waals surface area (Å²) in [6.07, 6.45) is 0.315. The van der Waals surface area contributed by atoms with Gasteiger partial charge in [-0.3, -0.25) is 9.59 Å². The van der Waals surface area contributed by atoms with Crippen LogP contribution in [0.5, 0.6) is 0 Å². The van der Waals surface area contributed by atoms with Gasteiger partial charge in [-0.2, -0.15) is 0 Å². The molecule has 0 atom stereocenters. The Labute approximate surface area is 106 Å². The monoisotopic (exact) mass is 248 g/mol. The first-order valence-electron chi connectivity index (χ1n) is 5.89. The maximum absolute atomic E-state index is 11.8. The molecule has 1 aliphatic rings. The number of carbonyl (C=O) groups is 2. The number of aryl methyl sites for hydroxylation is 1. The van der Waals surface area contributed by atoms with Crippen molar-refractivity contribution < 1.29 is 19.1 Å². The van der Waals surface area contributed by atoms with Gasteiger partial charge < -0.3 is 9.47 Å². The standard InChI is InChI=1S/C14H16O4/c1-9-5-4-6-10(7-9)8-11-12(15)17-14(2,3)18-13(11)16/h4-7,11H,8H2,1-3H3. The van der Waals surface area contributed by atoms with Crippen LogP contribution in [0.4, 0.5) is 0 Å². The minimum Gasteiger partial charge on any atom is -0.422 e. The molecule has 18 heavy (non-hydrogen) atoms. The van der Waals surface area contributed by atoms with Crippen LogP contribution in [-0.2, 0) is 25.5 Å². The molecule has 2 rings (SSSR count). The first-order chi connectivity index (χ1) is 8.37. The van der Waals surface area contributed by atoms with Gasteiger partial charge in [0.2, 0.25) is 0 Å². The van der Waals surface area contributed by atoms with Crippen LogP contribution in [0.25, 0.3) is 0 Å². The summed E-state index contributed by atoms with van der Waals surface area (Å²) in [6.45, 7) is 5.06. The van der Waals surface area contributed by atoms with E-state index in [2.05, 4.69) is 0 Å². The van der Waals surface area contributed by atoms with Crippen LogP contribution in [-0.4, -0.2) is 17.7 Å². The number of carbonyl (C=O) groups excluding carboxylic acids is 2. The SMILES string of the molecule is Cc1cccc(CC2C(=O)OC(C)(C)OC2=O)c1. The average molecular weight is 248 g/mol. The Balaban J connectivity index is 2.15. The van der Waals surface area contributed by atoms with E-state index < -0.39 is 23.6 Å². The van der Waals surface area contributed by atoms with Gasteiger partial charge in [-0.05, 0) is 18.9 Å². The molecule has 1 aromatic carbocycles. The zero-order valence-electron chi connectivity index (χ0n) is 10.7. The van der Waals surface area contributed by atoms with Crippen molar-refractivity contribution >= 4 is 11.9 Å². The third kappa shape index (κ3) is 2.70. The van der Waals surface area contributed by atoms with Crippen LogP contribution in [0.2, 0.25) is 0 Å². The lowest BCUT2D eigenvalue weighted by molar-refractivity contribution is -0.239. The van der Waals surface area contributed by atoms with Crippen molar-refractivity contribution in [2.45, 2.75) is 33.0 Å². The minimum atomic E-state index is -1.16. The van der Waals surface area contributed by atoms with Crippen molar-refractivity contribution in [3.8, 4) is 0 Å². The smallest absolute Gasteiger partial charge is 0.323 e. The molecule has 0 bridgehead atoms. The lowest BCUT2D eigenvalue weighted by Gasteiger charge is -2.32. The number of hydrogen-bond acceptors (Lipinski definition) is 4. The number of benzene rings is 1. The van der Waals surface area contributed by atoms with Gasteiger partial charge in [0.15, 0.2) is 5.92 Å². The van der Waals surface area contributed by atoms with E-state index in [-0.39, 0.29) is 0 Å². The van der Waals surface area contributed by atoms with Crippen molar-refractivity contribution in [2.75, 3.05) is 0 Å². The summed E-state index contributed by atoms with van der Waals surface area (Å²) < 4.78 is 10.2. The van der Waals surface area contributed by atoms with Gasteiger partial charge in [-0.25, -0.2) is 0 Å². The molecule has 0 aromatic heterocycles. The number of rotatable bonds is 2. The Morgan fingerprint density at radius 1 is 1.17 bits per heavy atom. The van der Waals surface area contributed by atoms with E-state index in [1.54, 1.807) is 13.8 Å². The third-order valence-electron chi connectivity index (χ3n) is 2.78. The largest absolute Gasteiger partial charge is 0.422 e. The molecule has 1 aliphatic heterocycles. The molecule has 1 aromatic rings. The van der Waals surface area contributed by atoms with Gasteiger partial charge >= 0.3 is 11.9 Å². The van der Waals surface area contributed by atoms with Crippen molar-refractivity contribution in [2.24, 2.45) is 5.92 Å². The summed E-state index contributed by atoms with van der Waals surface area (Å²) in [5.41, 5.74) is 2.01. The van der Waals surface area contributed by atoms with Gasteiger partial charge in [0, 0.05) is 13.8 Å². The molecule has 0 amide bonds. The van der Waals surface area contributed by atoms with Crippen LogP contribution in [0.1, 0.15) is 25.0 Å². The second kappa shape index (κ2) is 4.44. The van der Waals surface area contributed by atoms with E-state index >= 15 is 0 Å². The molecule has 0 aliphatic carbocycles. The highest BCUT2D eigenvalue weighted by Crippen LogP contribution is 2.25. The lowest BCUT2D eigenvalue weighted by Crippen LogP contribution is -2.46. The Hall–Kier alpha value is -1.84. The first-order valence-corrected chi connectivity index (χ1v) is 5.89. The summed E-state index contributed by atoms with van der Waals surface area (Å²) in [5, 5.41) is 0. The summed E-state index contributed by atoms with van der Waals surface area (Å²) in [4.78, 5) is 23.6. The highest BCUT2D eigenvalue weighted by atomic mass is 16.7. The zero-order valence-corrected chi connectivity index (χ0v) is 10.7. The van der Waals surface area contributed by atoms with E-state index in [4.69, 9.17) is 9.47 Å². The summed E-state index contributed by atoms with van der Waals surface area (Å²) >= 11 is 0. The third-order valence-corrected chi connectivity index (χ3v) is 2.78. The molecule has 0 N–H and O–H groups in total. The van der Waals surface area contributed by atoms with E-state index in [1.807, 2.05) is 31.2 Å². The second-order valence-corrected chi connectivity index (χ2v) is 4.99. The summed E-state index contributed by atoms with van der Waals surface area (Å²) in [7, 11) is 0. The molecule has 0 radical (unpaired) electrons. The molecule has 1 heterocycles. The van der Waals surface area contributed by atoms with Gasteiger partial charge in [0.25, 0.3) is 5.79 Å². The number of hydrogen-bond donors (Lipinski definition) is 0. The maximum Gasteiger partial charge on any atom is 0.323 e. The fraction of sp³-hybridized carbons (Fsp3) is 0.429. The Kier molecular flexibility index (Phi) is 3.11. The van der Waals surface area contributed by atoms with E-state index in [9.17, 15) is 9.59 Å². The van der Waals surface area contributed by atoms with Crippen LogP contribution in [0, 0.1) is 12.8 Å². The van der Waals surface area contributed by atoms with Crippen molar-refractivity contribution in [1.82, 2.24) is 0 Å². The van der Waals surface area contributed by atoms with Gasteiger partial charge in [0.05, 0.1) is 0 Å². The molecular formula is C14H16O4. The minimum absolute atomic E-state index is 0.315. The van der Waals surface area contributed by atoms with Gasteiger partial charge in [-0.1, -0.05) is 29.8 Å². The predicted molar refractivity (Wildman–Crippen MR) is 64.6 cm³/mol. The van der Waals surface area contributed by atoms with Crippen LogP contribution < -0.4 is 0 Å². The Morgan fingerprint density at radius 3 is 2.33 bits per heavy atom. The molecule has 4 heteroatoms. The fourth-order valence-corrected chi connectivity index (χ4v) is 1.99. The Bertz CT molecular complexity index is 470. The van der Waals surface area contributed by atoms with Crippen molar-refractivity contribution in [3.63, 3.8) is 0 Å². The van der Waals surface area contributed by atoms with Crippen LogP contribution in [0.3, 0.4) is 0 Å². The van der Waals surface area contributed by atoms with E-state index in [1.165, 1.54) is 0 Å². The number of cyclic esters (lactones) is 2. The number of ether oxygens (including phenoxy) is 2. The van der Waals surface area contributed by atoms with Crippen molar-refractivity contribution in [3.05, 3.63) is 35.4 Å². The quantitative estimate of drug-likeness (QED) is 0.593. The predicted octanol–water partition coefficient (Wildman–Crippen LogP) is 1.99. The Morgan fingerprint density at radius 2 is 1.78 bits per heavy atom.